The summed E-state index contributed by atoms with van der Waals surface area (Å²) in [6.07, 6.45) is -10.6. The highest BCUT2D eigenvalue weighted by Crippen LogP contribution is 2.34. The predicted molar refractivity (Wildman–Crippen MR) is 151 cm³/mol. The van der Waals surface area contributed by atoms with Gasteiger partial charge in [-0.2, -0.15) is 0 Å². The number of non-ortho nitro benzene ring substituents is 2. The van der Waals surface area contributed by atoms with Gasteiger partial charge in [0.15, 0.2) is 12.6 Å². The fourth-order valence-electron chi connectivity index (χ4n) is 5.69. The number of hydrogen-bond donors (Lipinski definition) is 8. The Morgan fingerprint density at radius 1 is 0.583 bits per heavy atom. The molecule has 6 rings (SSSR count). The molecule has 8 N–H and O–H groups in total. The van der Waals surface area contributed by atoms with Gasteiger partial charge in [-0.3, -0.25) is 20.2 Å². The summed E-state index contributed by atoms with van der Waals surface area (Å²) in [5.74, 6) is -1.85. The maximum atomic E-state index is 11.0. The molecule has 0 aliphatic carbocycles. The van der Waals surface area contributed by atoms with Gasteiger partial charge >= 0.3 is 11.4 Å². The molecular weight excluding hydrogens is 652 g/mol. The minimum absolute atomic E-state index is 0.000248. The smallest absolute Gasteiger partial charge is 0.300 e. The minimum Gasteiger partial charge on any atom is -0.394 e. The molecular formula is C26H30N6O16. The van der Waals surface area contributed by atoms with Crippen LogP contribution in [-0.4, -0.2) is 134 Å². The van der Waals surface area contributed by atoms with E-state index in [1.165, 1.54) is 24.3 Å². The van der Waals surface area contributed by atoms with Gasteiger partial charge in [0.1, 0.15) is 35.4 Å². The molecule has 4 aromatic rings. The van der Waals surface area contributed by atoms with E-state index in [1.807, 2.05) is 0 Å². The molecule has 6 unspecified atom stereocenters. The van der Waals surface area contributed by atoms with Crippen molar-refractivity contribution < 1.29 is 69.4 Å². The molecule has 0 spiro atoms. The molecule has 22 heteroatoms. The fourth-order valence-corrected chi connectivity index (χ4v) is 5.69. The van der Waals surface area contributed by atoms with Gasteiger partial charge in [-0.15, -0.1) is 0 Å². The van der Waals surface area contributed by atoms with Crippen molar-refractivity contribution in [3.63, 3.8) is 0 Å². The molecule has 260 valence electrons. The number of rotatable bonds is 8. The van der Waals surface area contributed by atoms with Crippen LogP contribution in [0.4, 0.5) is 11.4 Å². The van der Waals surface area contributed by atoms with E-state index in [9.17, 15) is 50.9 Å². The van der Waals surface area contributed by atoms with Crippen molar-refractivity contribution >= 4 is 33.4 Å². The number of aromatic nitrogens is 4. The monoisotopic (exact) mass is 682 g/mol. The average molecular weight is 683 g/mol. The van der Waals surface area contributed by atoms with E-state index in [0.29, 0.717) is 11.1 Å². The van der Waals surface area contributed by atoms with Crippen LogP contribution in [0.15, 0.2) is 33.5 Å². The van der Waals surface area contributed by atoms with Gasteiger partial charge in [0.25, 0.3) is 0 Å². The number of aliphatic hydroxyl groups is 8. The molecule has 2 saturated heterocycles. The molecule has 2 fully saturated rings. The lowest BCUT2D eigenvalue weighted by atomic mass is 9.86. The molecule has 2 aromatic carbocycles. The highest BCUT2D eigenvalue weighted by Gasteiger charge is 2.45. The van der Waals surface area contributed by atoms with Crippen LogP contribution < -0.4 is 0 Å². The van der Waals surface area contributed by atoms with Crippen LogP contribution in [0.5, 0.6) is 0 Å². The van der Waals surface area contributed by atoms with Crippen molar-refractivity contribution in [3.8, 4) is 0 Å². The fraction of sp³-hybridized carbons (Fsp3) is 0.538. The summed E-state index contributed by atoms with van der Waals surface area (Å²) in [6, 6.07) is 5.26. The normalized spacial score (nSPS) is 30.6. The Balaban J connectivity index is 0.000000188. The molecule has 0 radical (unpaired) electrons. The topological polar surface area (TPSA) is 344 Å². The number of benzene rings is 2. The number of fused-ring (bicyclic) bond motifs is 2. The summed E-state index contributed by atoms with van der Waals surface area (Å²) in [7, 11) is 0. The quantitative estimate of drug-likeness (QED) is 0.0699. The van der Waals surface area contributed by atoms with Crippen molar-refractivity contribution in [1.82, 2.24) is 20.6 Å². The second-order valence-electron chi connectivity index (χ2n) is 11.1. The van der Waals surface area contributed by atoms with Crippen LogP contribution in [0.2, 0.25) is 0 Å². The number of nitro benzene ring substituents is 2. The lowest BCUT2D eigenvalue weighted by molar-refractivity contribution is -0.383. The molecule has 0 amide bonds. The van der Waals surface area contributed by atoms with Crippen molar-refractivity contribution in [2.75, 3.05) is 13.2 Å². The van der Waals surface area contributed by atoms with Gasteiger partial charge in [-0.05, 0) is 56.7 Å². The van der Waals surface area contributed by atoms with Gasteiger partial charge < -0.3 is 50.3 Å². The lowest BCUT2D eigenvalue weighted by Gasteiger charge is -2.40. The Labute approximate surface area is 266 Å². The first-order valence-electron chi connectivity index (χ1n) is 14.3. The Morgan fingerprint density at radius 3 is 1.27 bits per heavy atom. The van der Waals surface area contributed by atoms with Crippen LogP contribution in [-0.2, 0) is 22.3 Å². The van der Waals surface area contributed by atoms with Gasteiger partial charge in [0.05, 0.1) is 35.3 Å². The van der Waals surface area contributed by atoms with Gasteiger partial charge in [0.2, 0.25) is 11.0 Å². The summed E-state index contributed by atoms with van der Waals surface area (Å²) in [5.41, 5.74) is 0.452. The third-order valence-corrected chi connectivity index (χ3v) is 8.32. The van der Waals surface area contributed by atoms with Crippen LogP contribution in [0.1, 0.15) is 11.1 Å². The number of aliphatic hydroxyl groups excluding tert-OH is 8. The Kier molecular flexibility index (Phi) is 10.5. The van der Waals surface area contributed by atoms with Gasteiger partial charge in [0, 0.05) is 24.0 Å². The number of hydrogen-bond acceptors (Lipinski definition) is 20. The first-order valence-corrected chi connectivity index (χ1v) is 14.3. The Morgan fingerprint density at radius 2 is 0.938 bits per heavy atom. The van der Waals surface area contributed by atoms with E-state index in [0.717, 1.165) is 0 Å². The Bertz CT molecular complexity index is 1630. The number of nitrogens with zero attached hydrogens (tertiary/aromatic N) is 6. The molecule has 48 heavy (non-hydrogen) atoms. The highest BCUT2D eigenvalue weighted by molar-refractivity contribution is 5.86. The molecule has 4 heterocycles. The summed E-state index contributed by atoms with van der Waals surface area (Å²) >= 11 is 0. The summed E-state index contributed by atoms with van der Waals surface area (Å²) < 4.78 is 19.3. The largest absolute Gasteiger partial charge is 0.394 e. The summed E-state index contributed by atoms with van der Waals surface area (Å²) in [5, 5.41) is 115. The van der Waals surface area contributed by atoms with E-state index >= 15 is 0 Å². The zero-order valence-electron chi connectivity index (χ0n) is 24.4. The van der Waals surface area contributed by atoms with Gasteiger partial charge in [-0.1, -0.05) is 0 Å². The van der Waals surface area contributed by atoms with E-state index in [-0.39, 0.29) is 46.3 Å². The van der Waals surface area contributed by atoms with Crippen LogP contribution in [0, 0.1) is 32.1 Å². The Hall–Kier alpha value is -4.36. The highest BCUT2D eigenvalue weighted by atomic mass is 16.6. The minimum atomic E-state index is -1.44. The lowest BCUT2D eigenvalue weighted by Crippen LogP contribution is -2.56. The first kappa shape index (κ1) is 35.0. The van der Waals surface area contributed by atoms with E-state index < -0.39 is 84.1 Å². The summed E-state index contributed by atoms with van der Waals surface area (Å²) in [6.45, 7) is -1.12. The van der Waals surface area contributed by atoms with E-state index in [1.54, 1.807) is 0 Å². The van der Waals surface area contributed by atoms with E-state index in [4.69, 9.17) is 19.7 Å². The van der Waals surface area contributed by atoms with Crippen LogP contribution in [0.3, 0.4) is 0 Å². The maximum absolute atomic E-state index is 11.0. The third-order valence-electron chi connectivity index (χ3n) is 8.32. The zero-order chi connectivity index (χ0) is 34.9. The number of ether oxygens (including phenoxy) is 2. The molecule has 2 aromatic heterocycles. The van der Waals surface area contributed by atoms with Crippen LogP contribution in [0.25, 0.3) is 22.1 Å². The van der Waals surface area contributed by atoms with Crippen molar-refractivity contribution in [2.24, 2.45) is 11.8 Å². The third kappa shape index (κ3) is 6.66. The first-order chi connectivity index (χ1) is 22.9. The predicted octanol–water partition coefficient (Wildman–Crippen LogP) is -2.56. The van der Waals surface area contributed by atoms with Crippen molar-refractivity contribution in [3.05, 3.63) is 55.6 Å². The maximum Gasteiger partial charge on any atom is 0.300 e. The molecule has 22 nitrogen and oxygen atoms in total. The van der Waals surface area contributed by atoms with Crippen LogP contribution >= 0.6 is 0 Å². The van der Waals surface area contributed by atoms with E-state index in [2.05, 4.69) is 29.9 Å². The molecule has 0 bridgehead atoms. The second kappa shape index (κ2) is 14.4. The molecule has 2 aliphatic rings. The van der Waals surface area contributed by atoms with Crippen molar-refractivity contribution in [2.45, 2.75) is 62.0 Å². The average Bonchev–Trinajstić information content (AvgIpc) is 3.76. The zero-order valence-corrected chi connectivity index (χ0v) is 24.4. The van der Waals surface area contributed by atoms with Crippen molar-refractivity contribution in [1.29, 1.82) is 0 Å². The molecule has 2 aliphatic heterocycles. The second-order valence-corrected chi connectivity index (χ2v) is 11.1. The number of nitro groups is 2. The van der Waals surface area contributed by atoms with Gasteiger partial charge in [-0.25, -0.2) is 9.26 Å². The SMILES string of the molecule is O=[N+]([O-])c1ccc(CC2C(O)OC(CO)[C@@H](O)[C@H]2O)c2nonc12.O=[N+]([O-])c1ccc(CC2C(O)OC(CO)[C@H](O)[C@@H]2O)c2nonc12. The molecule has 0 saturated carbocycles. The molecule has 10 atom stereocenters. The summed E-state index contributed by atoms with van der Waals surface area (Å²) in [4.78, 5) is 20.7. The standard InChI is InChI=1S/2C13H15N3O8/c2*17-4-8-12(19)11(18)6(13(20)23-8)3-5-1-2-7(16(21)22)10-9(5)14-24-15-10/h2*1-2,6,8,11-13,17-20H,3-4H2/t2*6?,8?,11-,12+,13?/m10/s1.